The predicted molar refractivity (Wildman–Crippen MR) is 68.1 cm³/mol. The van der Waals surface area contributed by atoms with Crippen LogP contribution in [0.4, 0.5) is 0 Å². The van der Waals surface area contributed by atoms with E-state index in [1.165, 1.54) is 12.8 Å². The van der Waals surface area contributed by atoms with Gasteiger partial charge in [-0.25, -0.2) is 0 Å². The van der Waals surface area contributed by atoms with Crippen molar-refractivity contribution in [3.8, 4) is 0 Å². The number of primary amides is 1. The van der Waals surface area contributed by atoms with Crippen LogP contribution in [0.2, 0.25) is 0 Å². The van der Waals surface area contributed by atoms with Crippen LogP contribution in [0.15, 0.2) is 0 Å². The van der Waals surface area contributed by atoms with Crippen molar-refractivity contribution < 1.29 is 4.79 Å². The van der Waals surface area contributed by atoms with Crippen LogP contribution in [-0.4, -0.2) is 29.0 Å². The molecule has 0 rings (SSSR count). The number of hydrogen-bond donors (Lipinski definition) is 2. The van der Waals surface area contributed by atoms with Crippen molar-refractivity contribution in [3.05, 3.63) is 0 Å². The van der Waals surface area contributed by atoms with Crippen molar-refractivity contribution in [1.82, 2.24) is 5.32 Å². The molecule has 0 aliphatic rings. The average Bonchev–Trinajstić information content (AvgIpc) is 2.11. The van der Waals surface area contributed by atoms with E-state index in [0.717, 1.165) is 11.5 Å². The molecule has 3 N–H and O–H groups in total. The van der Waals surface area contributed by atoms with Crippen molar-refractivity contribution in [2.24, 2.45) is 5.73 Å². The highest BCUT2D eigenvalue weighted by atomic mass is 32.2. The summed E-state index contributed by atoms with van der Waals surface area (Å²) in [6, 6.07) is 0.272. The molecule has 0 fully saturated rings. The van der Waals surface area contributed by atoms with E-state index in [1.807, 2.05) is 20.8 Å². The number of thioether (sulfide) groups is 1. The highest BCUT2D eigenvalue weighted by Gasteiger charge is 2.30. The third kappa shape index (κ3) is 6.05. The minimum atomic E-state index is -0.577. The first-order valence-corrected chi connectivity index (χ1v) is 6.73. The predicted octanol–water partition coefficient (Wildman–Crippen LogP) is 1.76. The standard InChI is InChI=1S/C11H24N2OS/c1-5-6-7-15-8-11(4,10(12)14)13-9(2)3/h9,13H,5-8H2,1-4H3,(H2,12,14). The van der Waals surface area contributed by atoms with E-state index in [-0.39, 0.29) is 11.9 Å². The Bertz CT molecular complexity index is 197. The fraction of sp³-hybridized carbons (Fsp3) is 0.909. The first-order valence-electron chi connectivity index (χ1n) is 5.57. The van der Waals surface area contributed by atoms with Crippen LogP contribution in [-0.2, 0) is 4.79 Å². The van der Waals surface area contributed by atoms with Crippen LogP contribution in [0.5, 0.6) is 0 Å². The van der Waals surface area contributed by atoms with Gasteiger partial charge in [0.15, 0.2) is 0 Å². The van der Waals surface area contributed by atoms with Gasteiger partial charge < -0.3 is 11.1 Å². The Hall–Kier alpha value is -0.220. The van der Waals surface area contributed by atoms with E-state index < -0.39 is 5.54 Å². The van der Waals surface area contributed by atoms with E-state index in [4.69, 9.17) is 5.73 Å². The molecule has 0 aromatic rings. The summed E-state index contributed by atoms with van der Waals surface area (Å²) < 4.78 is 0. The molecule has 15 heavy (non-hydrogen) atoms. The molecule has 4 heteroatoms. The Morgan fingerprint density at radius 3 is 2.53 bits per heavy atom. The van der Waals surface area contributed by atoms with Crippen molar-refractivity contribution >= 4 is 17.7 Å². The van der Waals surface area contributed by atoms with Gasteiger partial charge in [-0.15, -0.1) is 0 Å². The van der Waals surface area contributed by atoms with Gasteiger partial charge in [0.1, 0.15) is 5.54 Å². The van der Waals surface area contributed by atoms with Gasteiger partial charge in [-0.1, -0.05) is 13.3 Å². The van der Waals surface area contributed by atoms with E-state index in [1.54, 1.807) is 11.8 Å². The Morgan fingerprint density at radius 2 is 2.13 bits per heavy atom. The Kier molecular flexibility index (Phi) is 7.02. The van der Waals surface area contributed by atoms with Gasteiger partial charge in [-0.3, -0.25) is 4.79 Å². The minimum absolute atomic E-state index is 0.264. The second kappa shape index (κ2) is 7.12. The van der Waals surface area contributed by atoms with Gasteiger partial charge in [-0.2, -0.15) is 11.8 Å². The lowest BCUT2D eigenvalue weighted by molar-refractivity contribution is -0.123. The summed E-state index contributed by atoms with van der Waals surface area (Å²) in [5.74, 6) is 1.58. The third-order valence-corrected chi connectivity index (χ3v) is 3.54. The molecule has 0 bridgehead atoms. The number of nitrogens with one attached hydrogen (secondary N) is 1. The summed E-state index contributed by atoms with van der Waals surface area (Å²) in [5.41, 5.74) is 4.84. The van der Waals surface area contributed by atoms with Crippen molar-refractivity contribution in [2.45, 2.75) is 52.1 Å². The van der Waals surface area contributed by atoms with Crippen molar-refractivity contribution in [3.63, 3.8) is 0 Å². The fourth-order valence-electron chi connectivity index (χ4n) is 1.34. The van der Waals surface area contributed by atoms with Gasteiger partial charge in [0, 0.05) is 11.8 Å². The molecule has 0 spiro atoms. The Balaban J connectivity index is 4.08. The molecule has 1 atom stereocenters. The number of rotatable bonds is 8. The van der Waals surface area contributed by atoms with Gasteiger partial charge >= 0.3 is 0 Å². The molecule has 90 valence electrons. The number of carbonyl (C=O) groups excluding carboxylic acids is 1. The highest BCUT2D eigenvalue weighted by Crippen LogP contribution is 2.15. The maximum atomic E-state index is 11.4. The fourth-order valence-corrected chi connectivity index (χ4v) is 2.61. The van der Waals surface area contributed by atoms with Gasteiger partial charge in [0.2, 0.25) is 5.91 Å². The quantitative estimate of drug-likeness (QED) is 0.627. The number of carbonyl (C=O) groups is 1. The summed E-state index contributed by atoms with van der Waals surface area (Å²) in [6.07, 6.45) is 2.39. The highest BCUT2D eigenvalue weighted by molar-refractivity contribution is 7.99. The van der Waals surface area contributed by atoms with Crippen LogP contribution in [0.1, 0.15) is 40.5 Å². The zero-order valence-electron chi connectivity index (χ0n) is 10.3. The lowest BCUT2D eigenvalue weighted by Gasteiger charge is -2.29. The SMILES string of the molecule is CCCCSCC(C)(NC(C)C)C(N)=O. The molecule has 0 heterocycles. The van der Waals surface area contributed by atoms with Crippen LogP contribution in [0.3, 0.4) is 0 Å². The topological polar surface area (TPSA) is 55.1 Å². The van der Waals surface area contributed by atoms with Crippen molar-refractivity contribution in [1.29, 1.82) is 0 Å². The van der Waals surface area contributed by atoms with E-state index in [9.17, 15) is 4.79 Å². The lowest BCUT2D eigenvalue weighted by Crippen LogP contribution is -2.57. The molecule has 0 aromatic heterocycles. The van der Waals surface area contributed by atoms with Gasteiger partial charge in [0.05, 0.1) is 0 Å². The average molecular weight is 232 g/mol. The zero-order chi connectivity index (χ0) is 11.9. The second-order valence-electron chi connectivity index (χ2n) is 4.40. The molecule has 0 aliphatic carbocycles. The number of nitrogens with two attached hydrogens (primary N) is 1. The lowest BCUT2D eigenvalue weighted by atomic mass is 10.0. The number of amides is 1. The molecule has 0 radical (unpaired) electrons. The van der Waals surface area contributed by atoms with Crippen molar-refractivity contribution in [2.75, 3.05) is 11.5 Å². The van der Waals surface area contributed by atoms with Crippen LogP contribution in [0, 0.1) is 0 Å². The first-order chi connectivity index (χ1) is 6.92. The summed E-state index contributed by atoms with van der Waals surface area (Å²) in [7, 11) is 0. The zero-order valence-corrected chi connectivity index (χ0v) is 11.1. The summed E-state index contributed by atoms with van der Waals surface area (Å²) in [5, 5.41) is 3.24. The van der Waals surface area contributed by atoms with Gasteiger partial charge in [-0.05, 0) is 32.9 Å². The number of hydrogen-bond acceptors (Lipinski definition) is 3. The molecule has 0 saturated carbocycles. The minimum Gasteiger partial charge on any atom is -0.368 e. The summed E-state index contributed by atoms with van der Waals surface area (Å²) >= 11 is 1.79. The largest absolute Gasteiger partial charge is 0.368 e. The second-order valence-corrected chi connectivity index (χ2v) is 5.51. The first kappa shape index (κ1) is 14.8. The van der Waals surface area contributed by atoms with E-state index in [0.29, 0.717) is 0 Å². The Morgan fingerprint density at radius 1 is 1.53 bits per heavy atom. The normalized spacial score (nSPS) is 15.3. The molecule has 1 unspecified atom stereocenters. The summed E-state index contributed by atoms with van der Waals surface area (Å²) in [6.45, 7) is 8.10. The molecular formula is C11H24N2OS. The molecule has 0 saturated heterocycles. The molecule has 3 nitrogen and oxygen atoms in total. The van der Waals surface area contributed by atoms with Crippen LogP contribution < -0.4 is 11.1 Å². The monoisotopic (exact) mass is 232 g/mol. The third-order valence-electron chi connectivity index (χ3n) is 2.18. The Labute approximate surface area is 97.6 Å². The molecular weight excluding hydrogens is 208 g/mol. The van der Waals surface area contributed by atoms with Crippen LogP contribution >= 0.6 is 11.8 Å². The smallest absolute Gasteiger partial charge is 0.238 e. The summed E-state index contributed by atoms with van der Waals surface area (Å²) in [4.78, 5) is 11.4. The molecule has 0 aliphatic heterocycles. The number of unbranched alkanes of at least 4 members (excludes halogenated alkanes) is 1. The van der Waals surface area contributed by atoms with Crippen LogP contribution in [0.25, 0.3) is 0 Å². The maximum absolute atomic E-state index is 11.4. The van der Waals surface area contributed by atoms with E-state index >= 15 is 0 Å². The maximum Gasteiger partial charge on any atom is 0.238 e. The molecule has 0 aromatic carbocycles. The molecule has 1 amide bonds. The van der Waals surface area contributed by atoms with Gasteiger partial charge in [0.25, 0.3) is 0 Å². The van der Waals surface area contributed by atoms with E-state index in [2.05, 4.69) is 12.2 Å².